The van der Waals surface area contributed by atoms with Crippen LogP contribution in [0.25, 0.3) is 0 Å². The summed E-state index contributed by atoms with van der Waals surface area (Å²) in [5.41, 5.74) is 2.03. The number of carbonyl (C=O) groups excluding carboxylic acids is 1. The lowest BCUT2D eigenvalue weighted by Crippen LogP contribution is -2.22. The molecule has 0 radical (unpaired) electrons. The molecule has 1 aromatic rings. The third-order valence-electron chi connectivity index (χ3n) is 3.04. The molecule has 0 saturated carbocycles. The van der Waals surface area contributed by atoms with E-state index < -0.39 is 0 Å². The van der Waals surface area contributed by atoms with Gasteiger partial charge in [-0.1, -0.05) is 6.07 Å². The monoisotopic (exact) mass is 234 g/mol. The van der Waals surface area contributed by atoms with Gasteiger partial charge in [-0.25, -0.2) is 0 Å². The Hall–Kier alpha value is -1.55. The maximum absolute atomic E-state index is 10.6. The summed E-state index contributed by atoms with van der Waals surface area (Å²) in [6.45, 7) is 2.02. The standard InChI is InChI=1S/C13H18N2O2/c1-17-12-3-2-10(5-7-16)13(8-12)15-11-4-6-14-9-11/h2-3,7-8,11,14-15H,4-6,9H2,1H3/t11-/m0/s1. The van der Waals surface area contributed by atoms with Crippen molar-refractivity contribution < 1.29 is 9.53 Å². The fraction of sp³-hybridized carbons (Fsp3) is 0.462. The molecule has 4 heteroatoms. The molecule has 4 nitrogen and oxygen atoms in total. The minimum atomic E-state index is 0.437. The molecule has 0 spiro atoms. The molecule has 17 heavy (non-hydrogen) atoms. The van der Waals surface area contributed by atoms with Crippen LogP contribution in [0.1, 0.15) is 12.0 Å². The Morgan fingerprint density at radius 2 is 2.47 bits per heavy atom. The second-order valence-corrected chi connectivity index (χ2v) is 4.23. The molecule has 0 bridgehead atoms. The van der Waals surface area contributed by atoms with Gasteiger partial charge >= 0.3 is 0 Å². The van der Waals surface area contributed by atoms with Gasteiger partial charge in [-0.2, -0.15) is 0 Å². The summed E-state index contributed by atoms with van der Waals surface area (Å²) in [6.07, 6.45) is 2.48. The van der Waals surface area contributed by atoms with Crippen molar-refractivity contribution in [1.29, 1.82) is 0 Å². The molecule has 1 fully saturated rings. The van der Waals surface area contributed by atoms with Crippen LogP contribution in [0.4, 0.5) is 5.69 Å². The van der Waals surface area contributed by atoms with Crippen LogP contribution in [-0.4, -0.2) is 32.5 Å². The fourth-order valence-corrected chi connectivity index (χ4v) is 2.08. The molecule has 0 aromatic heterocycles. The zero-order valence-corrected chi connectivity index (χ0v) is 10.0. The van der Waals surface area contributed by atoms with Gasteiger partial charge in [-0.05, 0) is 24.6 Å². The van der Waals surface area contributed by atoms with E-state index in [0.29, 0.717) is 12.5 Å². The lowest BCUT2D eigenvalue weighted by molar-refractivity contribution is -0.107. The molecule has 2 rings (SSSR count). The second-order valence-electron chi connectivity index (χ2n) is 4.23. The molecule has 1 aliphatic rings. The topological polar surface area (TPSA) is 50.4 Å². The van der Waals surface area contributed by atoms with E-state index in [4.69, 9.17) is 4.74 Å². The lowest BCUT2D eigenvalue weighted by Gasteiger charge is -2.16. The van der Waals surface area contributed by atoms with Gasteiger partial charge in [-0.3, -0.25) is 0 Å². The van der Waals surface area contributed by atoms with Crippen molar-refractivity contribution in [2.75, 3.05) is 25.5 Å². The van der Waals surface area contributed by atoms with Crippen LogP contribution in [0.3, 0.4) is 0 Å². The van der Waals surface area contributed by atoms with E-state index in [1.165, 1.54) is 0 Å². The average Bonchev–Trinajstić information content (AvgIpc) is 2.84. The van der Waals surface area contributed by atoms with E-state index in [9.17, 15) is 4.79 Å². The smallest absolute Gasteiger partial charge is 0.124 e. The van der Waals surface area contributed by atoms with Gasteiger partial charge in [0.05, 0.1) is 7.11 Å². The fourth-order valence-electron chi connectivity index (χ4n) is 2.08. The number of anilines is 1. The molecule has 1 atom stereocenters. The maximum atomic E-state index is 10.6. The highest BCUT2D eigenvalue weighted by atomic mass is 16.5. The van der Waals surface area contributed by atoms with Gasteiger partial charge < -0.3 is 20.2 Å². The highest BCUT2D eigenvalue weighted by molar-refractivity contribution is 5.64. The Morgan fingerprint density at radius 3 is 3.12 bits per heavy atom. The second kappa shape index (κ2) is 5.68. The average molecular weight is 234 g/mol. The molecular weight excluding hydrogens is 216 g/mol. The molecule has 1 heterocycles. The van der Waals surface area contributed by atoms with Crippen molar-refractivity contribution in [2.45, 2.75) is 18.9 Å². The number of aldehydes is 1. The minimum absolute atomic E-state index is 0.437. The molecule has 1 aromatic carbocycles. The Labute approximate surface area is 101 Å². The van der Waals surface area contributed by atoms with Gasteiger partial charge in [-0.15, -0.1) is 0 Å². The van der Waals surface area contributed by atoms with Crippen LogP contribution in [0.5, 0.6) is 5.75 Å². The van der Waals surface area contributed by atoms with Crippen molar-refractivity contribution in [2.24, 2.45) is 0 Å². The number of hydrogen-bond acceptors (Lipinski definition) is 4. The van der Waals surface area contributed by atoms with Crippen LogP contribution in [0, 0.1) is 0 Å². The van der Waals surface area contributed by atoms with Crippen LogP contribution >= 0.6 is 0 Å². The first-order chi connectivity index (χ1) is 8.33. The quantitative estimate of drug-likeness (QED) is 0.752. The van der Waals surface area contributed by atoms with Crippen molar-refractivity contribution in [3.63, 3.8) is 0 Å². The third kappa shape index (κ3) is 2.97. The first kappa shape index (κ1) is 11.9. The van der Waals surface area contributed by atoms with Crippen molar-refractivity contribution >= 4 is 12.0 Å². The highest BCUT2D eigenvalue weighted by Gasteiger charge is 2.15. The summed E-state index contributed by atoms with van der Waals surface area (Å²) in [7, 11) is 1.65. The summed E-state index contributed by atoms with van der Waals surface area (Å²) in [5.74, 6) is 0.813. The predicted octanol–water partition coefficient (Wildman–Crippen LogP) is 1.21. The van der Waals surface area contributed by atoms with Crippen LogP contribution in [-0.2, 0) is 11.2 Å². The van der Waals surface area contributed by atoms with Gasteiger partial charge in [0.1, 0.15) is 12.0 Å². The number of hydrogen-bond donors (Lipinski definition) is 2. The van der Waals surface area contributed by atoms with Gasteiger partial charge in [0, 0.05) is 30.8 Å². The first-order valence-electron chi connectivity index (χ1n) is 5.91. The number of methoxy groups -OCH3 is 1. The van der Waals surface area contributed by atoms with Crippen molar-refractivity contribution in [3.8, 4) is 5.75 Å². The van der Waals surface area contributed by atoms with Crippen LogP contribution < -0.4 is 15.4 Å². The molecule has 0 unspecified atom stereocenters. The summed E-state index contributed by atoms with van der Waals surface area (Å²) in [5, 5.41) is 6.78. The number of carbonyl (C=O) groups is 1. The van der Waals surface area contributed by atoms with Crippen LogP contribution in [0.2, 0.25) is 0 Å². The number of benzene rings is 1. The predicted molar refractivity (Wildman–Crippen MR) is 67.7 cm³/mol. The molecule has 92 valence electrons. The third-order valence-corrected chi connectivity index (χ3v) is 3.04. The first-order valence-corrected chi connectivity index (χ1v) is 5.91. The minimum Gasteiger partial charge on any atom is -0.497 e. The number of rotatable bonds is 5. The Balaban J connectivity index is 2.17. The molecule has 1 aliphatic heterocycles. The molecule has 0 aliphatic carbocycles. The molecule has 0 amide bonds. The Kier molecular flexibility index (Phi) is 3.98. The zero-order chi connectivity index (χ0) is 12.1. The van der Waals surface area contributed by atoms with E-state index in [1.807, 2.05) is 18.2 Å². The van der Waals surface area contributed by atoms with Gasteiger partial charge in [0.2, 0.25) is 0 Å². The van der Waals surface area contributed by atoms with Crippen molar-refractivity contribution in [3.05, 3.63) is 23.8 Å². The zero-order valence-electron chi connectivity index (χ0n) is 10.0. The van der Waals surface area contributed by atoms with E-state index in [2.05, 4.69) is 10.6 Å². The van der Waals surface area contributed by atoms with Gasteiger partial charge in [0.15, 0.2) is 0 Å². The molecule has 2 N–H and O–H groups in total. The van der Waals surface area contributed by atoms with Crippen molar-refractivity contribution in [1.82, 2.24) is 5.32 Å². The normalized spacial score (nSPS) is 19.0. The number of nitrogens with one attached hydrogen (secondary N) is 2. The molecule has 1 saturated heterocycles. The Bertz CT molecular complexity index is 387. The summed E-state index contributed by atoms with van der Waals surface area (Å²) in [6, 6.07) is 6.22. The Morgan fingerprint density at radius 1 is 1.59 bits per heavy atom. The van der Waals surface area contributed by atoms with Gasteiger partial charge in [0.25, 0.3) is 0 Å². The highest BCUT2D eigenvalue weighted by Crippen LogP contribution is 2.24. The molecular formula is C13H18N2O2. The van der Waals surface area contributed by atoms with E-state index in [1.54, 1.807) is 7.11 Å². The summed E-state index contributed by atoms with van der Waals surface area (Å²) < 4.78 is 5.21. The van der Waals surface area contributed by atoms with E-state index in [-0.39, 0.29) is 0 Å². The lowest BCUT2D eigenvalue weighted by atomic mass is 10.1. The van der Waals surface area contributed by atoms with E-state index in [0.717, 1.165) is 42.8 Å². The largest absolute Gasteiger partial charge is 0.497 e. The maximum Gasteiger partial charge on any atom is 0.124 e. The van der Waals surface area contributed by atoms with E-state index >= 15 is 0 Å². The number of ether oxygens (including phenoxy) is 1. The summed E-state index contributed by atoms with van der Waals surface area (Å²) >= 11 is 0. The summed E-state index contributed by atoms with van der Waals surface area (Å²) in [4.78, 5) is 10.6. The van der Waals surface area contributed by atoms with Crippen LogP contribution in [0.15, 0.2) is 18.2 Å². The SMILES string of the molecule is COc1ccc(CC=O)c(N[C@H]2CCNC2)c1.